The second-order valence-corrected chi connectivity index (χ2v) is 7.53. The van der Waals surface area contributed by atoms with Crippen molar-refractivity contribution < 1.29 is 32.1 Å². The molecule has 0 aromatic heterocycles. The number of esters is 1. The number of nitrogens with zero attached hydrogens (tertiary/aromatic N) is 1. The van der Waals surface area contributed by atoms with Crippen LogP contribution in [-0.4, -0.2) is 38.4 Å². The number of rotatable bonds is 8. The molecular weight excluding hydrogens is 409 g/mol. The highest BCUT2D eigenvalue weighted by molar-refractivity contribution is 7.89. The number of halogens is 1. The first-order valence-electron chi connectivity index (χ1n) is 8.04. The van der Waals surface area contributed by atoms with Gasteiger partial charge in [-0.15, -0.1) is 0 Å². The zero-order chi connectivity index (χ0) is 21.6. The van der Waals surface area contributed by atoms with Crippen molar-refractivity contribution in [2.24, 2.45) is 0 Å². The van der Waals surface area contributed by atoms with E-state index in [1.807, 2.05) is 4.72 Å². The summed E-state index contributed by atoms with van der Waals surface area (Å²) in [5.41, 5.74) is 0.227. The van der Waals surface area contributed by atoms with Crippen LogP contribution in [0, 0.1) is 22.9 Å². The Morgan fingerprint density at radius 1 is 1.17 bits per heavy atom. The Labute approximate surface area is 164 Å². The molecule has 2 N–H and O–H groups in total. The standard InChI is InChI=1S/C17H16FN3O7S/c1-11-2-7-14(15(8-11)21(24)25)20-16(22)10-28-17(23)9-19-29(26,27)13-5-3-12(18)4-6-13/h2-8,19H,9-10H2,1H3,(H,20,22). The van der Waals surface area contributed by atoms with Crippen LogP contribution in [0.1, 0.15) is 5.56 Å². The Morgan fingerprint density at radius 2 is 1.83 bits per heavy atom. The van der Waals surface area contributed by atoms with Crippen LogP contribution in [0.25, 0.3) is 0 Å². The average Bonchev–Trinajstić information content (AvgIpc) is 2.66. The summed E-state index contributed by atoms with van der Waals surface area (Å²) in [7, 11) is -4.07. The molecule has 0 bridgehead atoms. The Bertz CT molecular complexity index is 1040. The highest BCUT2D eigenvalue weighted by atomic mass is 32.2. The molecule has 0 heterocycles. The van der Waals surface area contributed by atoms with E-state index in [1.165, 1.54) is 12.1 Å². The molecule has 0 unspecified atom stereocenters. The number of nitro benzene ring substituents is 1. The fourth-order valence-electron chi connectivity index (χ4n) is 2.13. The molecule has 12 heteroatoms. The monoisotopic (exact) mass is 425 g/mol. The summed E-state index contributed by atoms with van der Waals surface area (Å²) < 4.78 is 43.4. The number of nitrogens with one attached hydrogen (secondary N) is 2. The highest BCUT2D eigenvalue weighted by Gasteiger charge is 2.19. The van der Waals surface area contributed by atoms with Gasteiger partial charge in [-0.3, -0.25) is 19.7 Å². The smallest absolute Gasteiger partial charge is 0.321 e. The molecule has 0 aliphatic carbocycles. The lowest BCUT2D eigenvalue weighted by Gasteiger charge is -2.09. The lowest BCUT2D eigenvalue weighted by atomic mass is 10.2. The molecule has 10 nitrogen and oxygen atoms in total. The van der Waals surface area contributed by atoms with Gasteiger partial charge in [0.05, 0.1) is 9.82 Å². The van der Waals surface area contributed by atoms with Gasteiger partial charge in [-0.05, 0) is 42.8 Å². The summed E-state index contributed by atoms with van der Waals surface area (Å²) in [6, 6.07) is 8.09. The second kappa shape index (κ2) is 9.21. The number of sulfonamides is 1. The van der Waals surface area contributed by atoms with E-state index in [-0.39, 0.29) is 16.3 Å². The number of benzene rings is 2. The van der Waals surface area contributed by atoms with Crippen molar-refractivity contribution in [3.8, 4) is 0 Å². The van der Waals surface area contributed by atoms with Crippen molar-refractivity contribution in [1.29, 1.82) is 0 Å². The molecule has 29 heavy (non-hydrogen) atoms. The molecule has 0 saturated carbocycles. The third kappa shape index (κ3) is 6.33. The number of amides is 1. The third-order valence-electron chi connectivity index (χ3n) is 3.52. The normalized spacial score (nSPS) is 11.0. The predicted molar refractivity (Wildman–Crippen MR) is 99.0 cm³/mol. The van der Waals surface area contributed by atoms with Crippen molar-refractivity contribution in [2.45, 2.75) is 11.8 Å². The Hall–Kier alpha value is -3.38. The van der Waals surface area contributed by atoms with Crippen molar-refractivity contribution >= 4 is 33.3 Å². The summed E-state index contributed by atoms with van der Waals surface area (Å²) in [4.78, 5) is 33.6. The molecule has 1 amide bonds. The molecule has 0 radical (unpaired) electrons. The number of nitro groups is 1. The molecular formula is C17H16FN3O7S. The zero-order valence-electron chi connectivity index (χ0n) is 15.0. The number of ether oxygens (including phenoxy) is 1. The summed E-state index contributed by atoms with van der Waals surface area (Å²) in [6.07, 6.45) is 0. The molecule has 0 fully saturated rings. The van der Waals surface area contributed by atoms with Gasteiger partial charge in [0, 0.05) is 6.07 Å². The minimum Gasteiger partial charge on any atom is -0.455 e. The van der Waals surface area contributed by atoms with Crippen LogP contribution in [0.5, 0.6) is 0 Å². The Balaban J connectivity index is 1.87. The predicted octanol–water partition coefficient (Wildman–Crippen LogP) is 1.50. The lowest BCUT2D eigenvalue weighted by Crippen LogP contribution is -2.32. The fourth-order valence-corrected chi connectivity index (χ4v) is 3.10. The van der Waals surface area contributed by atoms with Crippen LogP contribution in [0.2, 0.25) is 0 Å². The first-order valence-corrected chi connectivity index (χ1v) is 9.52. The van der Waals surface area contributed by atoms with Crippen LogP contribution in [-0.2, 0) is 24.3 Å². The van der Waals surface area contributed by atoms with Gasteiger partial charge in [0.1, 0.15) is 18.0 Å². The number of carbonyl (C=O) groups excluding carboxylic acids is 2. The Kier molecular flexibility index (Phi) is 6.96. The number of anilines is 1. The van der Waals surface area contributed by atoms with Gasteiger partial charge in [-0.2, -0.15) is 4.72 Å². The first-order chi connectivity index (χ1) is 13.6. The SMILES string of the molecule is Cc1ccc(NC(=O)COC(=O)CNS(=O)(=O)c2ccc(F)cc2)c([N+](=O)[O-])c1. The summed E-state index contributed by atoms with van der Waals surface area (Å²) in [6.45, 7) is 0.104. The molecule has 2 rings (SSSR count). The summed E-state index contributed by atoms with van der Waals surface area (Å²) in [5.74, 6) is -2.51. The number of hydrogen-bond donors (Lipinski definition) is 2. The van der Waals surface area contributed by atoms with Gasteiger partial charge < -0.3 is 10.1 Å². The van der Waals surface area contributed by atoms with Gasteiger partial charge >= 0.3 is 5.97 Å². The zero-order valence-corrected chi connectivity index (χ0v) is 15.9. The molecule has 0 aliphatic rings. The van der Waals surface area contributed by atoms with Crippen molar-refractivity contribution in [3.05, 3.63) is 64.0 Å². The minimum absolute atomic E-state index is 0.0707. The van der Waals surface area contributed by atoms with Gasteiger partial charge in [0.15, 0.2) is 6.61 Å². The molecule has 154 valence electrons. The first kappa shape index (κ1) is 21.9. The topological polar surface area (TPSA) is 145 Å². The quantitative estimate of drug-likeness (QED) is 0.370. The van der Waals surface area contributed by atoms with Gasteiger partial charge in [-0.25, -0.2) is 12.8 Å². The van der Waals surface area contributed by atoms with E-state index < -0.39 is 45.8 Å². The van der Waals surface area contributed by atoms with Crippen LogP contribution >= 0.6 is 0 Å². The second-order valence-electron chi connectivity index (χ2n) is 5.77. The van der Waals surface area contributed by atoms with Crippen molar-refractivity contribution in [3.63, 3.8) is 0 Å². The van der Waals surface area contributed by atoms with E-state index in [1.54, 1.807) is 13.0 Å². The number of hydrogen-bond acceptors (Lipinski definition) is 7. The molecule has 0 spiro atoms. The van der Waals surface area contributed by atoms with Crippen molar-refractivity contribution in [2.75, 3.05) is 18.5 Å². The summed E-state index contributed by atoms with van der Waals surface area (Å²) >= 11 is 0. The molecule has 0 saturated heterocycles. The van der Waals surface area contributed by atoms with Gasteiger partial charge in [0.2, 0.25) is 10.0 Å². The Morgan fingerprint density at radius 3 is 2.45 bits per heavy atom. The van der Waals surface area contributed by atoms with E-state index in [4.69, 9.17) is 0 Å². The van der Waals surface area contributed by atoms with E-state index >= 15 is 0 Å². The lowest BCUT2D eigenvalue weighted by molar-refractivity contribution is -0.384. The molecule has 2 aromatic rings. The average molecular weight is 425 g/mol. The summed E-state index contributed by atoms with van der Waals surface area (Å²) in [5, 5.41) is 13.3. The molecule has 0 atom stereocenters. The fraction of sp³-hybridized carbons (Fsp3) is 0.176. The van der Waals surface area contributed by atoms with Crippen LogP contribution in [0.3, 0.4) is 0 Å². The largest absolute Gasteiger partial charge is 0.455 e. The van der Waals surface area contributed by atoms with E-state index in [2.05, 4.69) is 10.1 Å². The highest BCUT2D eigenvalue weighted by Crippen LogP contribution is 2.25. The minimum atomic E-state index is -4.07. The number of carbonyl (C=O) groups is 2. The van der Waals surface area contributed by atoms with E-state index in [9.17, 15) is 32.5 Å². The maximum absolute atomic E-state index is 12.8. The van der Waals surface area contributed by atoms with E-state index in [0.29, 0.717) is 5.56 Å². The van der Waals surface area contributed by atoms with E-state index in [0.717, 1.165) is 24.3 Å². The van der Waals surface area contributed by atoms with Crippen molar-refractivity contribution in [1.82, 2.24) is 4.72 Å². The third-order valence-corrected chi connectivity index (χ3v) is 4.94. The maximum Gasteiger partial charge on any atom is 0.321 e. The molecule has 2 aromatic carbocycles. The van der Waals surface area contributed by atoms with Gasteiger partial charge in [-0.1, -0.05) is 6.07 Å². The maximum atomic E-state index is 12.8. The molecule has 0 aliphatic heterocycles. The van der Waals surface area contributed by atoms with Crippen LogP contribution in [0.15, 0.2) is 47.4 Å². The van der Waals surface area contributed by atoms with Gasteiger partial charge in [0.25, 0.3) is 11.6 Å². The van der Waals surface area contributed by atoms with Crippen LogP contribution in [0.4, 0.5) is 15.8 Å². The number of aryl methyl sites for hydroxylation is 1. The van der Waals surface area contributed by atoms with Crippen LogP contribution < -0.4 is 10.0 Å².